The van der Waals surface area contributed by atoms with Gasteiger partial charge in [0.05, 0.1) is 11.0 Å². The van der Waals surface area contributed by atoms with Gasteiger partial charge >= 0.3 is 0 Å². The van der Waals surface area contributed by atoms with E-state index < -0.39 is 0 Å². The Morgan fingerprint density at radius 1 is 1.37 bits per heavy atom. The van der Waals surface area contributed by atoms with E-state index >= 15 is 0 Å². The quantitative estimate of drug-likeness (QED) is 0.841. The molecule has 1 saturated heterocycles. The van der Waals surface area contributed by atoms with E-state index in [4.69, 9.17) is 12.2 Å². The van der Waals surface area contributed by atoms with Crippen LogP contribution in [0.1, 0.15) is 12.8 Å². The van der Waals surface area contributed by atoms with E-state index in [1.807, 2.05) is 0 Å². The highest BCUT2D eigenvalue weighted by Crippen LogP contribution is 2.23. The van der Waals surface area contributed by atoms with Crippen molar-refractivity contribution in [1.29, 1.82) is 0 Å². The molecule has 2 aromatic rings. The van der Waals surface area contributed by atoms with E-state index in [0.29, 0.717) is 0 Å². The number of fused-ring (bicyclic) bond motifs is 1. The molecule has 2 heterocycles. The molecule has 102 valence electrons. The zero-order chi connectivity index (χ0) is 13.4. The minimum Gasteiger partial charge on any atom is -0.331 e. The molecule has 1 aliphatic rings. The minimum absolute atomic E-state index is 0.741. The fourth-order valence-corrected chi connectivity index (χ4v) is 3.46. The predicted molar refractivity (Wildman–Crippen MR) is 85.0 cm³/mol. The Bertz CT molecular complexity index is 638. The molecule has 1 aromatic heterocycles. The van der Waals surface area contributed by atoms with Crippen LogP contribution in [0, 0.1) is 10.7 Å². The second-order valence-corrected chi connectivity index (χ2v) is 6.75. The summed E-state index contributed by atoms with van der Waals surface area (Å²) in [6, 6.07) is 6.31. The van der Waals surface area contributed by atoms with Gasteiger partial charge in [-0.15, -0.1) is 0 Å². The summed E-state index contributed by atoms with van der Waals surface area (Å²) in [6.07, 6.45) is 2.53. The molecule has 1 aliphatic heterocycles. The van der Waals surface area contributed by atoms with Crippen molar-refractivity contribution >= 4 is 39.2 Å². The Hall–Kier alpha value is -0.650. The number of H-pyrrole nitrogens is 1. The maximum Gasteiger partial charge on any atom is 0.178 e. The summed E-state index contributed by atoms with van der Waals surface area (Å²) < 4.78 is 4.18. The first-order chi connectivity index (χ1) is 9.13. The molecule has 1 N–H and O–H groups in total. The van der Waals surface area contributed by atoms with Gasteiger partial charge in [0.15, 0.2) is 4.77 Å². The molecular weight excluding hydrogens is 322 g/mol. The topological polar surface area (TPSA) is 24.0 Å². The average molecular weight is 340 g/mol. The monoisotopic (exact) mass is 339 g/mol. The van der Waals surface area contributed by atoms with Crippen LogP contribution in [-0.2, 0) is 6.54 Å². The van der Waals surface area contributed by atoms with E-state index in [9.17, 15) is 0 Å². The fraction of sp³-hybridized carbons (Fsp3) is 0.500. The lowest BCUT2D eigenvalue weighted by molar-refractivity contribution is 0.206. The standard InChI is InChI=1S/C14H18BrN3S/c1-17-6-4-10(5-7-17)9-18-13-3-2-11(15)8-12(13)16-14(18)19/h2-3,8,10H,4-7,9H2,1H3,(H,16,19). The number of imidazole rings is 1. The number of nitrogens with one attached hydrogen (secondary N) is 1. The number of piperidine rings is 1. The summed E-state index contributed by atoms with van der Waals surface area (Å²) in [6.45, 7) is 3.44. The summed E-state index contributed by atoms with van der Waals surface area (Å²) in [5, 5.41) is 0. The van der Waals surface area contributed by atoms with Crippen LogP contribution in [0.5, 0.6) is 0 Å². The van der Waals surface area contributed by atoms with Gasteiger partial charge in [0.25, 0.3) is 0 Å². The predicted octanol–water partition coefficient (Wildman–Crippen LogP) is 3.80. The van der Waals surface area contributed by atoms with E-state index in [0.717, 1.165) is 27.2 Å². The number of aromatic nitrogens is 2. The molecule has 0 radical (unpaired) electrons. The molecule has 0 spiro atoms. The van der Waals surface area contributed by atoms with Crippen molar-refractivity contribution in [3.8, 4) is 0 Å². The van der Waals surface area contributed by atoms with Gasteiger partial charge in [-0.1, -0.05) is 15.9 Å². The molecule has 5 heteroatoms. The molecule has 0 bridgehead atoms. The molecule has 1 aromatic carbocycles. The van der Waals surface area contributed by atoms with Gasteiger partial charge in [-0.2, -0.15) is 0 Å². The third kappa shape index (κ3) is 2.78. The van der Waals surface area contributed by atoms with Gasteiger partial charge in [-0.25, -0.2) is 0 Å². The zero-order valence-corrected chi connectivity index (χ0v) is 13.4. The van der Waals surface area contributed by atoms with Crippen LogP contribution in [0.2, 0.25) is 0 Å². The molecule has 19 heavy (non-hydrogen) atoms. The number of hydrogen-bond donors (Lipinski definition) is 1. The van der Waals surface area contributed by atoms with Crippen LogP contribution < -0.4 is 0 Å². The first kappa shape index (κ1) is 13.3. The molecular formula is C14H18BrN3S. The van der Waals surface area contributed by atoms with Crippen LogP contribution in [0.3, 0.4) is 0 Å². The van der Waals surface area contributed by atoms with Crippen molar-refractivity contribution < 1.29 is 0 Å². The number of nitrogens with zero attached hydrogens (tertiary/aromatic N) is 2. The van der Waals surface area contributed by atoms with Gasteiger partial charge in [-0.3, -0.25) is 0 Å². The summed E-state index contributed by atoms with van der Waals surface area (Å²) >= 11 is 8.97. The Labute approximate surface area is 126 Å². The third-order valence-electron chi connectivity index (χ3n) is 4.02. The fourth-order valence-electron chi connectivity index (χ4n) is 2.82. The summed E-state index contributed by atoms with van der Waals surface area (Å²) in [5.74, 6) is 0.741. The van der Waals surface area contributed by atoms with Crippen molar-refractivity contribution in [1.82, 2.24) is 14.5 Å². The highest BCUT2D eigenvalue weighted by molar-refractivity contribution is 9.10. The van der Waals surface area contributed by atoms with Crippen LogP contribution in [0.25, 0.3) is 11.0 Å². The molecule has 0 saturated carbocycles. The summed E-state index contributed by atoms with van der Waals surface area (Å²) in [5.41, 5.74) is 2.33. The maximum atomic E-state index is 5.47. The Balaban J connectivity index is 1.88. The number of benzene rings is 1. The maximum absolute atomic E-state index is 5.47. The van der Waals surface area contributed by atoms with Crippen molar-refractivity contribution in [3.05, 3.63) is 27.4 Å². The lowest BCUT2D eigenvalue weighted by atomic mass is 9.97. The number of rotatable bonds is 2. The molecule has 0 atom stereocenters. The number of halogens is 1. The first-order valence-corrected chi connectivity index (χ1v) is 7.90. The third-order valence-corrected chi connectivity index (χ3v) is 4.83. The largest absolute Gasteiger partial charge is 0.331 e. The van der Waals surface area contributed by atoms with E-state index in [1.165, 1.54) is 31.4 Å². The van der Waals surface area contributed by atoms with Crippen molar-refractivity contribution in [2.75, 3.05) is 20.1 Å². The molecule has 0 unspecified atom stereocenters. The summed E-state index contributed by atoms with van der Waals surface area (Å²) in [7, 11) is 2.20. The number of hydrogen-bond acceptors (Lipinski definition) is 2. The average Bonchev–Trinajstić information content (AvgIpc) is 2.68. The Morgan fingerprint density at radius 3 is 2.84 bits per heavy atom. The van der Waals surface area contributed by atoms with Gasteiger partial charge in [-0.05, 0) is 69.3 Å². The number of aromatic amines is 1. The van der Waals surface area contributed by atoms with Crippen molar-refractivity contribution in [2.24, 2.45) is 5.92 Å². The molecule has 0 aliphatic carbocycles. The smallest absolute Gasteiger partial charge is 0.178 e. The van der Waals surface area contributed by atoms with Crippen LogP contribution in [-0.4, -0.2) is 34.6 Å². The molecule has 3 rings (SSSR count). The van der Waals surface area contributed by atoms with E-state index in [2.05, 4.69) is 55.6 Å². The Morgan fingerprint density at radius 2 is 2.11 bits per heavy atom. The number of likely N-dealkylation sites (tertiary alicyclic amines) is 1. The van der Waals surface area contributed by atoms with E-state index in [-0.39, 0.29) is 0 Å². The molecule has 0 amide bonds. The highest BCUT2D eigenvalue weighted by atomic mass is 79.9. The van der Waals surface area contributed by atoms with E-state index in [1.54, 1.807) is 0 Å². The highest BCUT2D eigenvalue weighted by Gasteiger charge is 2.18. The first-order valence-electron chi connectivity index (χ1n) is 6.70. The van der Waals surface area contributed by atoms with Gasteiger partial charge in [0, 0.05) is 11.0 Å². The van der Waals surface area contributed by atoms with Crippen molar-refractivity contribution in [2.45, 2.75) is 19.4 Å². The second kappa shape index (κ2) is 5.38. The second-order valence-electron chi connectivity index (χ2n) is 5.45. The minimum atomic E-state index is 0.741. The van der Waals surface area contributed by atoms with Crippen LogP contribution in [0.15, 0.2) is 22.7 Å². The zero-order valence-electron chi connectivity index (χ0n) is 11.0. The molecule has 1 fully saturated rings. The van der Waals surface area contributed by atoms with Crippen LogP contribution in [0.4, 0.5) is 0 Å². The van der Waals surface area contributed by atoms with Crippen molar-refractivity contribution in [3.63, 3.8) is 0 Å². The van der Waals surface area contributed by atoms with Gasteiger partial charge < -0.3 is 14.5 Å². The molecule has 3 nitrogen and oxygen atoms in total. The van der Waals surface area contributed by atoms with Crippen LogP contribution >= 0.6 is 28.1 Å². The van der Waals surface area contributed by atoms with Gasteiger partial charge in [0.1, 0.15) is 0 Å². The lowest BCUT2D eigenvalue weighted by Crippen LogP contribution is -2.31. The Kier molecular flexibility index (Phi) is 3.78. The van der Waals surface area contributed by atoms with Gasteiger partial charge in [0.2, 0.25) is 0 Å². The lowest BCUT2D eigenvalue weighted by Gasteiger charge is -2.29. The summed E-state index contributed by atoms with van der Waals surface area (Å²) in [4.78, 5) is 5.71. The SMILES string of the molecule is CN1CCC(Cn2c(=S)[nH]c3cc(Br)ccc32)CC1. The normalized spacial score (nSPS) is 18.2.